The van der Waals surface area contributed by atoms with Gasteiger partial charge in [-0.15, -0.1) is 11.3 Å². The van der Waals surface area contributed by atoms with Gasteiger partial charge < -0.3 is 26.4 Å². The number of hydrogen-bond acceptors (Lipinski definition) is 10. The number of thiazole rings is 1. The molecule has 0 aliphatic heterocycles. The number of carbonyl (C=O) groups is 2. The van der Waals surface area contributed by atoms with Crippen molar-refractivity contribution in [1.29, 1.82) is 0 Å². The van der Waals surface area contributed by atoms with Crippen molar-refractivity contribution in [1.82, 2.24) is 20.6 Å². The fourth-order valence-corrected chi connectivity index (χ4v) is 7.04. The van der Waals surface area contributed by atoms with Crippen LogP contribution in [0.4, 0.5) is 16.5 Å². The van der Waals surface area contributed by atoms with Crippen LogP contribution in [0, 0.1) is 5.92 Å². The van der Waals surface area contributed by atoms with Gasteiger partial charge in [0.1, 0.15) is 11.8 Å². The molecular formula is C34H43N7O5S2. The number of aromatic nitrogens is 2. The second kappa shape index (κ2) is 17.6. The van der Waals surface area contributed by atoms with Crippen LogP contribution in [0.2, 0.25) is 0 Å². The molecule has 2 aromatic heterocycles. The maximum absolute atomic E-state index is 13.6. The summed E-state index contributed by atoms with van der Waals surface area (Å²) in [4.78, 5) is 35.6. The van der Waals surface area contributed by atoms with Gasteiger partial charge in [0.15, 0.2) is 5.13 Å². The Morgan fingerprint density at radius 3 is 2.38 bits per heavy atom. The van der Waals surface area contributed by atoms with E-state index in [2.05, 4.69) is 30.6 Å². The SMILES string of the molecule is COc1ccc(NS(=O)(=O)CC(CCCCN)NC(=O)C(CC(C)C)NC(=O)c2ccc(-c3csc(Nc4cccnc4)n3)cc2)cc1. The highest BCUT2D eigenvalue weighted by Gasteiger charge is 2.27. The van der Waals surface area contributed by atoms with Crippen molar-refractivity contribution in [2.24, 2.45) is 11.7 Å². The van der Waals surface area contributed by atoms with Crippen LogP contribution in [0.15, 0.2) is 78.4 Å². The van der Waals surface area contributed by atoms with E-state index < -0.39 is 33.9 Å². The average Bonchev–Trinajstić information content (AvgIpc) is 3.53. The normalized spacial score (nSPS) is 12.6. The van der Waals surface area contributed by atoms with Crippen LogP contribution in [0.3, 0.4) is 0 Å². The van der Waals surface area contributed by atoms with Crippen molar-refractivity contribution < 1.29 is 22.7 Å². The minimum Gasteiger partial charge on any atom is -0.497 e. The van der Waals surface area contributed by atoms with Gasteiger partial charge in [-0.2, -0.15) is 0 Å². The highest BCUT2D eigenvalue weighted by Crippen LogP contribution is 2.27. The van der Waals surface area contributed by atoms with E-state index in [1.54, 1.807) is 48.8 Å². The second-order valence-electron chi connectivity index (χ2n) is 11.7. The lowest BCUT2D eigenvalue weighted by atomic mass is 10.0. The molecule has 256 valence electrons. The molecule has 0 spiro atoms. The zero-order chi connectivity index (χ0) is 34.5. The Bertz CT molecular complexity index is 1710. The third kappa shape index (κ3) is 11.3. The molecule has 2 atom stereocenters. The standard InChI is InChI=1S/C34H43N7O5S2/c1-23(2)19-30(33(43)37-28(7-4-5-17-35)22-48(44,45)41-26-13-15-29(46-3)16-14-26)39-32(42)25-11-9-24(10-12-25)31-21-47-34(40-31)38-27-8-6-18-36-20-27/h6,8-16,18,20-21,23,28,30,41H,4-5,7,17,19,22,35H2,1-3H3,(H,37,43)(H,38,40)(H,39,42). The van der Waals surface area contributed by atoms with E-state index >= 15 is 0 Å². The first-order chi connectivity index (χ1) is 23.0. The van der Waals surface area contributed by atoms with Crippen LogP contribution in [0.25, 0.3) is 11.3 Å². The maximum Gasteiger partial charge on any atom is 0.251 e. The zero-order valence-corrected chi connectivity index (χ0v) is 28.9. The molecule has 6 N–H and O–H groups in total. The first-order valence-electron chi connectivity index (χ1n) is 15.7. The lowest BCUT2D eigenvalue weighted by Gasteiger charge is -2.25. The Morgan fingerprint density at radius 1 is 0.979 bits per heavy atom. The summed E-state index contributed by atoms with van der Waals surface area (Å²) in [7, 11) is -2.30. The molecule has 0 saturated carbocycles. The number of nitrogens with zero attached hydrogens (tertiary/aromatic N) is 2. The number of anilines is 3. The van der Waals surface area contributed by atoms with E-state index in [0.717, 1.165) is 16.9 Å². The number of pyridine rings is 1. The van der Waals surface area contributed by atoms with Crippen molar-refractivity contribution >= 4 is 49.7 Å². The van der Waals surface area contributed by atoms with Gasteiger partial charge in [-0.05, 0) is 80.3 Å². The minimum atomic E-state index is -3.83. The van der Waals surface area contributed by atoms with Crippen LogP contribution in [-0.4, -0.2) is 61.7 Å². The summed E-state index contributed by atoms with van der Waals surface area (Å²) < 4.78 is 33.9. The van der Waals surface area contributed by atoms with Crippen LogP contribution >= 0.6 is 11.3 Å². The Labute approximate surface area is 286 Å². The molecule has 0 fully saturated rings. The van der Waals surface area contributed by atoms with Crippen LogP contribution in [-0.2, 0) is 14.8 Å². The molecule has 0 radical (unpaired) electrons. The van der Waals surface area contributed by atoms with Gasteiger partial charge in [-0.1, -0.05) is 32.4 Å². The summed E-state index contributed by atoms with van der Waals surface area (Å²) in [6.45, 7) is 4.36. The van der Waals surface area contributed by atoms with E-state index in [4.69, 9.17) is 10.5 Å². The van der Waals surface area contributed by atoms with E-state index in [-0.39, 0.29) is 11.7 Å². The van der Waals surface area contributed by atoms with Crippen LogP contribution in [0.1, 0.15) is 49.9 Å². The third-order valence-corrected chi connectivity index (χ3v) is 9.47. The highest BCUT2D eigenvalue weighted by molar-refractivity contribution is 7.92. The van der Waals surface area contributed by atoms with Gasteiger partial charge in [-0.3, -0.25) is 19.3 Å². The van der Waals surface area contributed by atoms with Gasteiger partial charge in [0.25, 0.3) is 5.91 Å². The summed E-state index contributed by atoms with van der Waals surface area (Å²) in [6, 6.07) is 15.7. The molecule has 2 unspecified atom stereocenters. The second-order valence-corrected chi connectivity index (χ2v) is 14.4. The van der Waals surface area contributed by atoms with Crippen molar-refractivity contribution in [3.8, 4) is 17.0 Å². The molecule has 2 amide bonds. The molecule has 0 bridgehead atoms. The molecule has 12 nitrogen and oxygen atoms in total. The Balaban J connectivity index is 1.41. The summed E-state index contributed by atoms with van der Waals surface area (Å²) in [5, 5.41) is 11.6. The fourth-order valence-electron chi connectivity index (χ4n) is 4.94. The van der Waals surface area contributed by atoms with Gasteiger partial charge in [0.2, 0.25) is 15.9 Å². The molecule has 14 heteroatoms. The molecule has 2 heterocycles. The third-order valence-electron chi connectivity index (χ3n) is 7.33. The van der Waals surface area contributed by atoms with Crippen LogP contribution < -0.4 is 31.1 Å². The summed E-state index contributed by atoms with van der Waals surface area (Å²) >= 11 is 1.46. The van der Waals surface area contributed by atoms with Crippen molar-refractivity contribution in [3.63, 3.8) is 0 Å². The number of sulfonamides is 1. The number of unbranched alkanes of at least 4 members (excludes halogenated alkanes) is 1. The molecule has 0 aliphatic carbocycles. The predicted octanol–water partition coefficient (Wildman–Crippen LogP) is 5.16. The van der Waals surface area contributed by atoms with E-state index in [1.165, 1.54) is 18.4 Å². The van der Waals surface area contributed by atoms with Gasteiger partial charge >= 0.3 is 0 Å². The molecule has 0 saturated heterocycles. The molecule has 48 heavy (non-hydrogen) atoms. The zero-order valence-electron chi connectivity index (χ0n) is 27.3. The first kappa shape index (κ1) is 36.3. The first-order valence-corrected chi connectivity index (χ1v) is 18.3. The predicted molar refractivity (Wildman–Crippen MR) is 191 cm³/mol. The number of methoxy groups -OCH3 is 1. The number of rotatable bonds is 18. The number of nitrogens with one attached hydrogen (secondary N) is 4. The number of amides is 2. The summed E-state index contributed by atoms with van der Waals surface area (Å²) in [5.74, 6) is -0.508. The number of carbonyl (C=O) groups excluding carboxylic acids is 2. The van der Waals surface area contributed by atoms with E-state index in [9.17, 15) is 18.0 Å². The van der Waals surface area contributed by atoms with Crippen molar-refractivity contribution in [3.05, 3.63) is 84.0 Å². The lowest BCUT2D eigenvalue weighted by molar-refractivity contribution is -0.124. The molecule has 4 aromatic rings. The molecule has 0 aliphatic rings. The number of ether oxygens (including phenoxy) is 1. The molecular weight excluding hydrogens is 651 g/mol. The van der Waals surface area contributed by atoms with Gasteiger partial charge in [-0.25, -0.2) is 13.4 Å². The topological polar surface area (TPSA) is 177 Å². The summed E-state index contributed by atoms with van der Waals surface area (Å²) in [6.07, 6.45) is 5.51. The monoisotopic (exact) mass is 693 g/mol. The van der Waals surface area contributed by atoms with Crippen molar-refractivity contribution in [2.45, 2.75) is 51.6 Å². The Kier molecular flexibility index (Phi) is 13.3. The Morgan fingerprint density at radius 2 is 1.73 bits per heavy atom. The van der Waals surface area contributed by atoms with E-state index in [1.807, 2.05) is 43.5 Å². The highest BCUT2D eigenvalue weighted by atomic mass is 32.2. The number of benzene rings is 2. The smallest absolute Gasteiger partial charge is 0.251 e. The molecule has 4 rings (SSSR count). The van der Waals surface area contributed by atoms with Crippen molar-refractivity contribution in [2.75, 3.05) is 29.4 Å². The maximum atomic E-state index is 13.6. The lowest BCUT2D eigenvalue weighted by Crippen LogP contribution is -2.51. The number of hydrogen-bond donors (Lipinski definition) is 5. The van der Waals surface area contributed by atoms with Gasteiger partial charge in [0, 0.05) is 34.4 Å². The molecule has 2 aromatic carbocycles. The fraction of sp³-hybridized carbons (Fsp3) is 0.353. The minimum absolute atomic E-state index is 0.0822. The summed E-state index contributed by atoms with van der Waals surface area (Å²) in [5.41, 5.74) is 8.87. The largest absolute Gasteiger partial charge is 0.497 e. The quantitative estimate of drug-likeness (QED) is 0.0881. The Hall–Kier alpha value is -4.53. The average molecular weight is 694 g/mol. The van der Waals surface area contributed by atoms with Crippen LogP contribution in [0.5, 0.6) is 5.75 Å². The van der Waals surface area contributed by atoms with E-state index in [0.29, 0.717) is 54.4 Å². The number of nitrogens with two attached hydrogens (primary N) is 1. The van der Waals surface area contributed by atoms with Gasteiger partial charge in [0.05, 0.1) is 30.4 Å².